The van der Waals surface area contributed by atoms with Crippen molar-refractivity contribution in [3.05, 3.63) is 7.43 Å². The van der Waals surface area contributed by atoms with Crippen LogP contribution in [0, 0.1) is 18.3 Å². The lowest BCUT2D eigenvalue weighted by Crippen LogP contribution is -2.52. The van der Waals surface area contributed by atoms with Crippen LogP contribution in [0.25, 0.3) is 0 Å². The molecule has 4 rings (SSSR count). The average Bonchev–Trinajstić information content (AvgIpc) is 3.32. The van der Waals surface area contributed by atoms with Gasteiger partial charge in [0.15, 0.2) is 0 Å². The first-order chi connectivity index (χ1) is 15.9. The summed E-state index contributed by atoms with van der Waals surface area (Å²) in [6.07, 6.45) is 8.63. The number of hydrogen-bond donors (Lipinski definition) is 3. The van der Waals surface area contributed by atoms with Crippen LogP contribution in [0.15, 0.2) is 0 Å². The molecule has 3 N–H and O–H groups in total. The SMILES string of the molecule is CC(C)(C)[S@@](=O)N[C@@H]1COCC12CCCCC2.CC(C)(C)[S@@](=O)N[C@@H]1COCC12CCNCC2.[CH3-]. The molecule has 4 atom stereocenters. The summed E-state index contributed by atoms with van der Waals surface area (Å²) < 4.78 is 41.9. The molecule has 3 saturated heterocycles. The Balaban J connectivity index is 0.000000240. The van der Waals surface area contributed by atoms with Crippen molar-refractivity contribution >= 4 is 22.0 Å². The van der Waals surface area contributed by atoms with Gasteiger partial charge in [0.25, 0.3) is 0 Å². The monoisotopic (exact) mass is 534 g/mol. The lowest BCUT2D eigenvalue weighted by atomic mass is 9.71. The van der Waals surface area contributed by atoms with Gasteiger partial charge >= 0.3 is 0 Å². The molecule has 0 unspecified atom stereocenters. The highest BCUT2D eigenvalue weighted by atomic mass is 32.2. The van der Waals surface area contributed by atoms with Gasteiger partial charge in [0.1, 0.15) is 0 Å². The fraction of sp³-hybridized carbons (Fsp3) is 0.962. The first kappa shape index (κ1) is 31.3. The third-order valence-corrected chi connectivity index (χ3v) is 11.1. The largest absolute Gasteiger partial charge is 0.379 e. The van der Waals surface area contributed by atoms with Crippen LogP contribution in [0.2, 0.25) is 0 Å². The van der Waals surface area contributed by atoms with Crippen molar-refractivity contribution < 1.29 is 17.9 Å². The van der Waals surface area contributed by atoms with Gasteiger partial charge in [-0.2, -0.15) is 0 Å². The van der Waals surface area contributed by atoms with Crippen molar-refractivity contribution in [2.24, 2.45) is 10.8 Å². The molecule has 7 nitrogen and oxygen atoms in total. The Morgan fingerprint density at radius 3 is 1.51 bits per heavy atom. The highest BCUT2D eigenvalue weighted by molar-refractivity contribution is 7.84. The predicted octanol–water partition coefficient (Wildman–Crippen LogP) is 3.64. The molecule has 1 aliphatic carbocycles. The van der Waals surface area contributed by atoms with E-state index in [0.29, 0.717) is 6.61 Å². The molecule has 9 heteroatoms. The highest BCUT2D eigenvalue weighted by Crippen LogP contribution is 2.43. The molecule has 0 aromatic carbocycles. The standard InChI is InChI=1S/C13H25NO2S.C12H24N2O2S.CH3/c1-12(2,3)17(15)14-11-9-16-10-13(11)7-5-4-6-8-13;1-11(2,3)17(15)14-10-8-16-9-12(10)4-6-13-7-5-12;/h11,14H,4-10H2,1-3H3;10,13-14H,4-9H2,1-3H3;1H3/q;;-1/t11-,17-;10-,17-;/m11./s1. The van der Waals surface area contributed by atoms with Crippen LogP contribution in [-0.2, 0) is 31.4 Å². The summed E-state index contributed by atoms with van der Waals surface area (Å²) in [7, 11) is -1.99. The minimum absolute atomic E-state index is 0. The molecule has 0 aromatic heterocycles. The predicted molar refractivity (Wildman–Crippen MR) is 148 cm³/mol. The van der Waals surface area contributed by atoms with Crippen LogP contribution in [0.5, 0.6) is 0 Å². The van der Waals surface area contributed by atoms with Crippen molar-refractivity contribution in [3.63, 3.8) is 0 Å². The molecule has 35 heavy (non-hydrogen) atoms. The van der Waals surface area contributed by atoms with Gasteiger partial charge in [0.2, 0.25) is 0 Å². The van der Waals surface area contributed by atoms with Gasteiger partial charge in [-0.25, -0.2) is 17.9 Å². The zero-order valence-corrected chi connectivity index (χ0v) is 24.9. The summed E-state index contributed by atoms with van der Waals surface area (Å²) in [4.78, 5) is 0. The average molecular weight is 535 g/mol. The Morgan fingerprint density at radius 1 is 0.714 bits per heavy atom. The topological polar surface area (TPSA) is 88.7 Å². The maximum absolute atomic E-state index is 12.2. The van der Waals surface area contributed by atoms with Gasteiger partial charge in [-0.3, -0.25) is 0 Å². The Labute approximate surface area is 220 Å². The number of rotatable bonds is 4. The van der Waals surface area contributed by atoms with Gasteiger partial charge in [-0.05, 0) is 80.3 Å². The Bertz CT molecular complexity index is 648. The number of ether oxygens (including phenoxy) is 2. The van der Waals surface area contributed by atoms with E-state index in [9.17, 15) is 8.42 Å². The van der Waals surface area contributed by atoms with Crippen LogP contribution in [0.1, 0.15) is 86.5 Å². The number of hydrogen-bond acceptors (Lipinski definition) is 5. The second kappa shape index (κ2) is 12.8. The van der Waals surface area contributed by atoms with E-state index in [1.54, 1.807) is 0 Å². The quantitative estimate of drug-likeness (QED) is 0.479. The third kappa shape index (κ3) is 8.04. The second-order valence-corrected chi connectivity index (χ2v) is 16.7. The molecule has 208 valence electrons. The number of nitrogens with one attached hydrogen (secondary N) is 3. The molecular formula is C26H52N3O4S2-. The van der Waals surface area contributed by atoms with E-state index in [0.717, 1.165) is 45.8 Å². The summed E-state index contributed by atoms with van der Waals surface area (Å²) in [6.45, 7) is 17.2. The van der Waals surface area contributed by atoms with Gasteiger partial charge in [-0.1, -0.05) is 19.3 Å². The van der Waals surface area contributed by atoms with Crippen LogP contribution in [0.3, 0.4) is 0 Å². The fourth-order valence-electron chi connectivity index (χ4n) is 5.41. The van der Waals surface area contributed by atoms with Crippen molar-refractivity contribution in [1.82, 2.24) is 14.8 Å². The van der Waals surface area contributed by atoms with Crippen molar-refractivity contribution in [2.45, 2.75) is 108 Å². The normalized spacial score (nSPS) is 29.8. The summed E-state index contributed by atoms with van der Waals surface area (Å²) in [6, 6.07) is 0.521. The van der Waals surface area contributed by atoms with Crippen molar-refractivity contribution in [1.29, 1.82) is 0 Å². The van der Waals surface area contributed by atoms with E-state index < -0.39 is 22.0 Å². The molecule has 0 radical (unpaired) electrons. The van der Waals surface area contributed by atoms with Gasteiger partial charge in [0.05, 0.1) is 70.0 Å². The Kier molecular flexibility index (Phi) is 11.4. The maximum Gasteiger partial charge on any atom is 0.0973 e. The minimum Gasteiger partial charge on any atom is -0.379 e. The maximum atomic E-state index is 12.2. The zero-order chi connectivity index (χ0) is 25.0. The first-order valence-corrected chi connectivity index (χ1v) is 15.4. The molecule has 2 spiro atoms. The lowest BCUT2D eigenvalue weighted by molar-refractivity contribution is 0.119. The van der Waals surface area contributed by atoms with Gasteiger partial charge in [0, 0.05) is 10.8 Å². The molecule has 4 aliphatic rings. The second-order valence-electron chi connectivity index (χ2n) is 12.7. The number of piperidine rings is 1. The molecular weight excluding hydrogens is 482 g/mol. The van der Waals surface area contributed by atoms with Crippen molar-refractivity contribution in [3.8, 4) is 0 Å². The smallest absolute Gasteiger partial charge is 0.0973 e. The van der Waals surface area contributed by atoms with E-state index in [1.807, 2.05) is 41.5 Å². The van der Waals surface area contributed by atoms with Crippen LogP contribution in [0.4, 0.5) is 0 Å². The summed E-state index contributed by atoms with van der Waals surface area (Å²) in [5, 5.41) is 3.38. The summed E-state index contributed by atoms with van der Waals surface area (Å²) in [5.74, 6) is 0. The first-order valence-electron chi connectivity index (χ1n) is 13.1. The summed E-state index contributed by atoms with van der Waals surface area (Å²) >= 11 is 0. The van der Waals surface area contributed by atoms with E-state index in [1.165, 1.54) is 32.1 Å². The van der Waals surface area contributed by atoms with Crippen LogP contribution in [-0.4, -0.2) is 69.5 Å². The Morgan fingerprint density at radius 2 is 1.11 bits per heavy atom. The van der Waals surface area contributed by atoms with Gasteiger partial charge < -0.3 is 22.2 Å². The lowest BCUT2D eigenvalue weighted by Gasteiger charge is -2.38. The van der Waals surface area contributed by atoms with Crippen molar-refractivity contribution in [2.75, 3.05) is 39.5 Å². The molecule has 0 aromatic rings. The van der Waals surface area contributed by atoms with Gasteiger partial charge in [-0.15, -0.1) is 0 Å². The van der Waals surface area contributed by atoms with Crippen LogP contribution >= 0.6 is 0 Å². The molecule has 0 bridgehead atoms. The molecule has 0 amide bonds. The van der Waals surface area contributed by atoms with Crippen LogP contribution < -0.4 is 14.8 Å². The fourth-order valence-corrected chi connectivity index (χ4v) is 7.27. The highest BCUT2D eigenvalue weighted by Gasteiger charge is 2.47. The molecule has 3 aliphatic heterocycles. The summed E-state index contributed by atoms with van der Waals surface area (Å²) in [5.41, 5.74) is 0.464. The van der Waals surface area contributed by atoms with E-state index in [4.69, 9.17) is 9.47 Å². The van der Waals surface area contributed by atoms with E-state index >= 15 is 0 Å². The third-order valence-electron chi connectivity index (χ3n) is 7.89. The van der Waals surface area contributed by atoms with E-state index in [2.05, 4.69) is 14.8 Å². The Hall–Kier alpha value is 0.1000. The molecule has 1 saturated carbocycles. The minimum atomic E-state index is -1.01. The van der Waals surface area contributed by atoms with E-state index in [-0.39, 0.29) is 39.8 Å². The zero-order valence-electron chi connectivity index (χ0n) is 23.3. The molecule has 3 heterocycles. The molecule has 4 fully saturated rings.